The highest BCUT2D eigenvalue weighted by Crippen LogP contribution is 2.38. The maximum Gasteiger partial charge on any atom is 0.120 e. The van der Waals surface area contributed by atoms with E-state index >= 15 is 0 Å². The normalized spacial score (nSPS) is 30.6. The molecule has 0 bridgehead atoms. The first kappa shape index (κ1) is 8.82. The van der Waals surface area contributed by atoms with Crippen LogP contribution >= 0.6 is 0 Å². The smallest absolute Gasteiger partial charge is 0.120 e. The van der Waals surface area contributed by atoms with Crippen LogP contribution < -0.4 is 5.73 Å². The van der Waals surface area contributed by atoms with Crippen molar-refractivity contribution in [2.45, 2.75) is 32.2 Å². The summed E-state index contributed by atoms with van der Waals surface area (Å²) in [5.41, 5.74) is 6.14. The summed E-state index contributed by atoms with van der Waals surface area (Å²) in [5.74, 6) is 2.31. The third-order valence-electron chi connectivity index (χ3n) is 3.26. The van der Waals surface area contributed by atoms with Gasteiger partial charge in [0.05, 0.1) is 12.3 Å². The summed E-state index contributed by atoms with van der Waals surface area (Å²) in [6.07, 6.45) is 5.59. The van der Waals surface area contributed by atoms with Gasteiger partial charge in [0, 0.05) is 0 Å². The Morgan fingerprint density at radius 2 is 2.38 bits per heavy atom. The van der Waals surface area contributed by atoms with Gasteiger partial charge < -0.3 is 10.2 Å². The minimum Gasteiger partial charge on any atom is -0.468 e. The molecule has 1 fully saturated rings. The Hall–Kier alpha value is -0.760. The highest BCUT2D eigenvalue weighted by Gasteiger charge is 2.30. The molecule has 1 aromatic rings. The Morgan fingerprint density at radius 1 is 1.54 bits per heavy atom. The lowest BCUT2D eigenvalue weighted by atomic mass is 9.89. The fraction of sp³-hybridized carbons (Fsp3) is 0.636. The molecule has 2 N–H and O–H groups in total. The molecule has 3 atom stereocenters. The van der Waals surface area contributed by atoms with Crippen LogP contribution in [0.15, 0.2) is 22.8 Å². The molecule has 0 amide bonds. The fourth-order valence-electron chi connectivity index (χ4n) is 2.40. The molecule has 72 valence electrons. The van der Waals surface area contributed by atoms with Gasteiger partial charge in [0.25, 0.3) is 0 Å². The lowest BCUT2D eigenvalue weighted by molar-refractivity contribution is 0.310. The van der Waals surface area contributed by atoms with Gasteiger partial charge in [0.15, 0.2) is 0 Å². The molecule has 0 radical (unpaired) electrons. The van der Waals surface area contributed by atoms with Crippen molar-refractivity contribution in [2.75, 3.05) is 0 Å². The van der Waals surface area contributed by atoms with Crippen LogP contribution in [0.3, 0.4) is 0 Å². The molecule has 0 saturated heterocycles. The largest absolute Gasteiger partial charge is 0.468 e. The number of rotatable bonds is 2. The van der Waals surface area contributed by atoms with Gasteiger partial charge in [0.1, 0.15) is 5.76 Å². The van der Waals surface area contributed by atoms with Crippen LogP contribution in [0.2, 0.25) is 0 Å². The number of nitrogens with two attached hydrogens (primary N) is 1. The topological polar surface area (TPSA) is 39.2 Å². The van der Waals surface area contributed by atoms with E-state index in [4.69, 9.17) is 10.2 Å². The molecule has 2 heteroatoms. The maximum atomic E-state index is 6.14. The number of hydrogen-bond acceptors (Lipinski definition) is 2. The van der Waals surface area contributed by atoms with E-state index in [0.717, 1.165) is 11.7 Å². The van der Waals surface area contributed by atoms with Crippen molar-refractivity contribution in [1.29, 1.82) is 0 Å². The van der Waals surface area contributed by atoms with Gasteiger partial charge in [-0.05, 0) is 30.4 Å². The fourth-order valence-corrected chi connectivity index (χ4v) is 2.40. The van der Waals surface area contributed by atoms with Crippen LogP contribution in [0.5, 0.6) is 0 Å². The van der Waals surface area contributed by atoms with Crippen LogP contribution in [0, 0.1) is 11.8 Å². The molecular weight excluding hydrogens is 162 g/mol. The van der Waals surface area contributed by atoms with Crippen molar-refractivity contribution in [3.8, 4) is 0 Å². The summed E-state index contributed by atoms with van der Waals surface area (Å²) >= 11 is 0. The molecule has 13 heavy (non-hydrogen) atoms. The van der Waals surface area contributed by atoms with Crippen LogP contribution in [-0.4, -0.2) is 0 Å². The Bertz CT molecular complexity index is 255. The average Bonchev–Trinajstić information content (AvgIpc) is 2.72. The molecule has 0 aliphatic heterocycles. The van der Waals surface area contributed by atoms with Crippen molar-refractivity contribution in [3.63, 3.8) is 0 Å². The van der Waals surface area contributed by atoms with E-state index < -0.39 is 0 Å². The van der Waals surface area contributed by atoms with Crippen molar-refractivity contribution in [3.05, 3.63) is 24.2 Å². The molecule has 1 saturated carbocycles. The Balaban J connectivity index is 2.08. The molecule has 1 aliphatic rings. The summed E-state index contributed by atoms with van der Waals surface area (Å²) in [6.45, 7) is 2.29. The molecule has 2 rings (SSSR count). The third kappa shape index (κ3) is 1.63. The van der Waals surface area contributed by atoms with E-state index in [2.05, 4.69) is 6.92 Å². The van der Waals surface area contributed by atoms with Crippen LogP contribution in [0.25, 0.3) is 0 Å². The van der Waals surface area contributed by atoms with E-state index in [0.29, 0.717) is 5.92 Å². The molecule has 3 unspecified atom stereocenters. The van der Waals surface area contributed by atoms with Crippen molar-refractivity contribution < 1.29 is 4.42 Å². The number of furan rings is 1. The monoisotopic (exact) mass is 179 g/mol. The lowest BCUT2D eigenvalue weighted by Crippen LogP contribution is -2.22. The zero-order chi connectivity index (χ0) is 9.26. The Morgan fingerprint density at radius 3 is 2.92 bits per heavy atom. The maximum absolute atomic E-state index is 6.14. The van der Waals surface area contributed by atoms with Crippen LogP contribution in [0.4, 0.5) is 0 Å². The zero-order valence-electron chi connectivity index (χ0n) is 8.07. The Kier molecular flexibility index (Phi) is 2.40. The first-order chi connectivity index (χ1) is 6.29. The van der Waals surface area contributed by atoms with E-state index in [-0.39, 0.29) is 6.04 Å². The summed E-state index contributed by atoms with van der Waals surface area (Å²) in [4.78, 5) is 0. The summed E-state index contributed by atoms with van der Waals surface area (Å²) in [5, 5.41) is 0. The molecule has 1 heterocycles. The zero-order valence-corrected chi connectivity index (χ0v) is 8.07. The molecule has 0 spiro atoms. The van der Waals surface area contributed by atoms with E-state index in [1.807, 2.05) is 12.1 Å². The summed E-state index contributed by atoms with van der Waals surface area (Å²) in [7, 11) is 0. The summed E-state index contributed by atoms with van der Waals surface area (Å²) < 4.78 is 5.33. The average molecular weight is 179 g/mol. The highest BCUT2D eigenvalue weighted by atomic mass is 16.3. The minimum absolute atomic E-state index is 0.104. The second-order valence-electron chi connectivity index (χ2n) is 4.11. The van der Waals surface area contributed by atoms with Gasteiger partial charge in [-0.15, -0.1) is 0 Å². The molecule has 0 aromatic carbocycles. The van der Waals surface area contributed by atoms with Crippen LogP contribution in [-0.2, 0) is 0 Å². The summed E-state index contributed by atoms with van der Waals surface area (Å²) in [6, 6.07) is 4.00. The van der Waals surface area contributed by atoms with Crippen molar-refractivity contribution in [2.24, 2.45) is 17.6 Å². The molecular formula is C11H17NO. The van der Waals surface area contributed by atoms with Gasteiger partial charge in [0.2, 0.25) is 0 Å². The molecule has 1 aliphatic carbocycles. The molecule has 2 nitrogen and oxygen atoms in total. The Labute approximate surface area is 79.1 Å². The highest BCUT2D eigenvalue weighted by molar-refractivity contribution is 5.06. The third-order valence-corrected chi connectivity index (χ3v) is 3.26. The van der Waals surface area contributed by atoms with E-state index in [1.54, 1.807) is 6.26 Å². The predicted molar refractivity (Wildman–Crippen MR) is 52.1 cm³/mol. The minimum atomic E-state index is 0.104. The molecule has 1 aromatic heterocycles. The standard InChI is InChI=1S/C11H17NO/c1-8-4-2-5-9(8)11(12)10-6-3-7-13-10/h3,6-9,11H,2,4-5,12H2,1H3. The SMILES string of the molecule is CC1CCCC1C(N)c1ccco1. The first-order valence-corrected chi connectivity index (χ1v) is 5.08. The predicted octanol–water partition coefficient (Wildman–Crippen LogP) is 2.72. The van der Waals surface area contributed by atoms with E-state index in [9.17, 15) is 0 Å². The lowest BCUT2D eigenvalue weighted by Gasteiger charge is -2.21. The van der Waals surface area contributed by atoms with Gasteiger partial charge in [-0.2, -0.15) is 0 Å². The van der Waals surface area contributed by atoms with Gasteiger partial charge >= 0.3 is 0 Å². The van der Waals surface area contributed by atoms with Crippen molar-refractivity contribution >= 4 is 0 Å². The number of hydrogen-bond donors (Lipinski definition) is 1. The quantitative estimate of drug-likeness (QED) is 0.758. The van der Waals surface area contributed by atoms with Crippen molar-refractivity contribution in [1.82, 2.24) is 0 Å². The second kappa shape index (κ2) is 3.54. The first-order valence-electron chi connectivity index (χ1n) is 5.08. The van der Waals surface area contributed by atoms with Crippen LogP contribution in [0.1, 0.15) is 38.0 Å². The second-order valence-corrected chi connectivity index (χ2v) is 4.11. The van der Waals surface area contributed by atoms with Gasteiger partial charge in [-0.3, -0.25) is 0 Å². The van der Waals surface area contributed by atoms with Gasteiger partial charge in [-0.25, -0.2) is 0 Å². The van der Waals surface area contributed by atoms with E-state index in [1.165, 1.54) is 19.3 Å². The van der Waals surface area contributed by atoms with Gasteiger partial charge in [-0.1, -0.05) is 19.8 Å².